The molecule has 0 spiro atoms. The quantitative estimate of drug-likeness (QED) is 0.755. The van der Waals surface area contributed by atoms with Crippen LogP contribution in [0.1, 0.15) is 43.7 Å². The fourth-order valence-electron chi connectivity index (χ4n) is 1.61. The van der Waals surface area contributed by atoms with Crippen molar-refractivity contribution in [3.63, 3.8) is 0 Å². The van der Waals surface area contributed by atoms with Gasteiger partial charge in [-0.1, -0.05) is 45.0 Å². The van der Waals surface area contributed by atoms with Crippen LogP contribution in [0.25, 0.3) is 0 Å². The summed E-state index contributed by atoms with van der Waals surface area (Å²) in [5.41, 5.74) is 8.51. The third-order valence-electron chi connectivity index (χ3n) is 2.50. The highest BCUT2D eigenvalue weighted by Crippen LogP contribution is 2.25. The molecule has 1 heteroatoms. The fraction of sp³-hybridized carbons (Fsp3) is 0.500. The standard InChI is InChI=1S/C12H19N/c1-9(2)11-6-4-5-7-12(11)10(3)8-13/h4-7,9-10H,8,13H2,1-3H3. The highest BCUT2D eigenvalue weighted by Gasteiger charge is 2.10. The largest absolute Gasteiger partial charge is 0.330 e. The van der Waals surface area contributed by atoms with Crippen LogP contribution in [0.2, 0.25) is 0 Å². The average molecular weight is 177 g/mol. The first-order chi connectivity index (χ1) is 6.16. The van der Waals surface area contributed by atoms with Crippen molar-refractivity contribution in [3.8, 4) is 0 Å². The predicted molar refractivity (Wildman–Crippen MR) is 58.0 cm³/mol. The molecule has 13 heavy (non-hydrogen) atoms. The van der Waals surface area contributed by atoms with E-state index in [0.717, 1.165) is 6.54 Å². The van der Waals surface area contributed by atoms with Gasteiger partial charge >= 0.3 is 0 Å². The molecule has 72 valence electrons. The van der Waals surface area contributed by atoms with E-state index in [1.807, 2.05) is 0 Å². The fourth-order valence-corrected chi connectivity index (χ4v) is 1.61. The van der Waals surface area contributed by atoms with E-state index in [0.29, 0.717) is 11.8 Å². The molecule has 1 aromatic rings. The van der Waals surface area contributed by atoms with Crippen LogP contribution in [0, 0.1) is 0 Å². The summed E-state index contributed by atoms with van der Waals surface area (Å²) in [5, 5.41) is 0. The molecule has 0 saturated heterocycles. The lowest BCUT2D eigenvalue weighted by Gasteiger charge is -2.16. The van der Waals surface area contributed by atoms with Crippen LogP contribution in [0.5, 0.6) is 0 Å². The molecule has 0 saturated carbocycles. The third kappa shape index (κ3) is 2.31. The summed E-state index contributed by atoms with van der Waals surface area (Å²) >= 11 is 0. The number of benzene rings is 1. The highest BCUT2D eigenvalue weighted by molar-refractivity contribution is 5.32. The van der Waals surface area contributed by atoms with Crippen molar-refractivity contribution in [2.75, 3.05) is 6.54 Å². The predicted octanol–water partition coefficient (Wildman–Crippen LogP) is 2.87. The van der Waals surface area contributed by atoms with Gasteiger partial charge in [0.15, 0.2) is 0 Å². The number of hydrogen-bond donors (Lipinski definition) is 1. The molecular weight excluding hydrogens is 158 g/mol. The lowest BCUT2D eigenvalue weighted by Crippen LogP contribution is -2.11. The van der Waals surface area contributed by atoms with E-state index in [4.69, 9.17) is 5.73 Å². The van der Waals surface area contributed by atoms with Gasteiger partial charge in [-0.05, 0) is 29.5 Å². The van der Waals surface area contributed by atoms with Crippen molar-refractivity contribution in [3.05, 3.63) is 35.4 Å². The van der Waals surface area contributed by atoms with Crippen molar-refractivity contribution in [2.24, 2.45) is 5.73 Å². The maximum Gasteiger partial charge on any atom is -0.00108 e. The Morgan fingerprint density at radius 3 is 2.08 bits per heavy atom. The monoisotopic (exact) mass is 177 g/mol. The minimum absolute atomic E-state index is 0.471. The second kappa shape index (κ2) is 4.43. The second-order valence-corrected chi connectivity index (χ2v) is 3.92. The lowest BCUT2D eigenvalue weighted by atomic mass is 9.90. The van der Waals surface area contributed by atoms with Crippen LogP contribution < -0.4 is 5.73 Å². The van der Waals surface area contributed by atoms with Gasteiger partial charge in [0.05, 0.1) is 0 Å². The SMILES string of the molecule is CC(C)c1ccccc1C(C)CN. The summed E-state index contributed by atoms with van der Waals surface area (Å²) < 4.78 is 0. The van der Waals surface area contributed by atoms with Gasteiger partial charge in [0, 0.05) is 0 Å². The zero-order valence-electron chi connectivity index (χ0n) is 8.75. The van der Waals surface area contributed by atoms with E-state index in [-0.39, 0.29) is 0 Å². The first-order valence-corrected chi connectivity index (χ1v) is 4.95. The molecule has 0 aliphatic rings. The molecule has 0 aromatic heterocycles. The Kier molecular flexibility index (Phi) is 3.49. The normalized spacial score (nSPS) is 13.3. The molecule has 0 radical (unpaired) electrons. The van der Waals surface area contributed by atoms with E-state index in [2.05, 4.69) is 45.0 Å². The smallest absolute Gasteiger partial charge is 0.00108 e. The highest BCUT2D eigenvalue weighted by atomic mass is 14.5. The molecule has 1 rings (SSSR count). The van der Waals surface area contributed by atoms with Gasteiger partial charge in [-0.15, -0.1) is 0 Å². The molecule has 0 fully saturated rings. The summed E-state index contributed by atoms with van der Waals surface area (Å²) in [7, 11) is 0. The van der Waals surface area contributed by atoms with Crippen LogP contribution in [-0.4, -0.2) is 6.54 Å². The minimum Gasteiger partial charge on any atom is -0.330 e. The van der Waals surface area contributed by atoms with E-state index in [1.165, 1.54) is 11.1 Å². The Bertz CT molecular complexity index is 266. The van der Waals surface area contributed by atoms with Gasteiger partial charge in [0.1, 0.15) is 0 Å². The molecule has 0 bridgehead atoms. The molecule has 0 aliphatic heterocycles. The lowest BCUT2D eigenvalue weighted by molar-refractivity contribution is 0.739. The molecule has 1 nitrogen and oxygen atoms in total. The number of nitrogens with two attached hydrogens (primary N) is 1. The Balaban J connectivity index is 3.04. The van der Waals surface area contributed by atoms with E-state index in [1.54, 1.807) is 0 Å². The van der Waals surface area contributed by atoms with Gasteiger partial charge < -0.3 is 5.73 Å². The van der Waals surface area contributed by atoms with Gasteiger partial charge in [0.25, 0.3) is 0 Å². The molecular formula is C12H19N. The summed E-state index contributed by atoms with van der Waals surface area (Å²) in [6, 6.07) is 8.58. The summed E-state index contributed by atoms with van der Waals surface area (Å²) in [6.07, 6.45) is 0. The van der Waals surface area contributed by atoms with E-state index in [9.17, 15) is 0 Å². The molecule has 2 N–H and O–H groups in total. The Morgan fingerprint density at radius 1 is 1.08 bits per heavy atom. The van der Waals surface area contributed by atoms with Crippen LogP contribution >= 0.6 is 0 Å². The molecule has 1 aromatic carbocycles. The zero-order chi connectivity index (χ0) is 9.84. The van der Waals surface area contributed by atoms with Crippen LogP contribution in [0.4, 0.5) is 0 Å². The average Bonchev–Trinajstić information content (AvgIpc) is 2.16. The molecule has 0 aliphatic carbocycles. The van der Waals surface area contributed by atoms with Crippen LogP contribution in [0.15, 0.2) is 24.3 Å². The maximum absolute atomic E-state index is 5.67. The first kappa shape index (κ1) is 10.3. The molecule has 1 unspecified atom stereocenters. The Morgan fingerprint density at radius 2 is 1.62 bits per heavy atom. The summed E-state index contributed by atoms with van der Waals surface area (Å²) in [6.45, 7) is 7.36. The molecule has 0 amide bonds. The summed E-state index contributed by atoms with van der Waals surface area (Å²) in [5.74, 6) is 1.06. The van der Waals surface area contributed by atoms with Crippen LogP contribution in [0.3, 0.4) is 0 Å². The van der Waals surface area contributed by atoms with Crippen molar-refractivity contribution >= 4 is 0 Å². The van der Waals surface area contributed by atoms with Crippen molar-refractivity contribution < 1.29 is 0 Å². The Labute approximate surface area is 81.0 Å². The topological polar surface area (TPSA) is 26.0 Å². The van der Waals surface area contributed by atoms with Crippen molar-refractivity contribution in [1.29, 1.82) is 0 Å². The Hall–Kier alpha value is -0.820. The van der Waals surface area contributed by atoms with E-state index >= 15 is 0 Å². The van der Waals surface area contributed by atoms with Gasteiger partial charge in [-0.2, -0.15) is 0 Å². The zero-order valence-corrected chi connectivity index (χ0v) is 8.75. The number of hydrogen-bond acceptors (Lipinski definition) is 1. The van der Waals surface area contributed by atoms with Gasteiger partial charge in [-0.3, -0.25) is 0 Å². The number of rotatable bonds is 3. The molecule has 0 heterocycles. The van der Waals surface area contributed by atoms with E-state index < -0.39 is 0 Å². The van der Waals surface area contributed by atoms with Crippen molar-refractivity contribution in [1.82, 2.24) is 0 Å². The van der Waals surface area contributed by atoms with Crippen LogP contribution in [-0.2, 0) is 0 Å². The third-order valence-corrected chi connectivity index (χ3v) is 2.50. The molecule has 1 atom stereocenters. The first-order valence-electron chi connectivity index (χ1n) is 4.95. The minimum atomic E-state index is 0.471. The van der Waals surface area contributed by atoms with Crippen molar-refractivity contribution in [2.45, 2.75) is 32.6 Å². The van der Waals surface area contributed by atoms with Gasteiger partial charge in [0.2, 0.25) is 0 Å². The maximum atomic E-state index is 5.67. The second-order valence-electron chi connectivity index (χ2n) is 3.92. The van der Waals surface area contributed by atoms with Gasteiger partial charge in [-0.25, -0.2) is 0 Å². The summed E-state index contributed by atoms with van der Waals surface area (Å²) in [4.78, 5) is 0.